The second kappa shape index (κ2) is 5.14. The summed E-state index contributed by atoms with van der Waals surface area (Å²) >= 11 is 0. The first-order chi connectivity index (χ1) is 7.75. The van der Waals surface area contributed by atoms with E-state index in [1.54, 1.807) is 6.20 Å². The number of anilines is 2. The lowest BCUT2D eigenvalue weighted by Gasteiger charge is -2.16. The van der Waals surface area contributed by atoms with Crippen molar-refractivity contribution >= 4 is 11.6 Å². The highest BCUT2D eigenvalue weighted by Gasteiger charge is 2.13. The number of aryl methyl sites for hydroxylation is 1. The zero-order chi connectivity index (χ0) is 11.4. The molecule has 4 heteroatoms. The van der Waals surface area contributed by atoms with E-state index in [0.29, 0.717) is 11.7 Å². The van der Waals surface area contributed by atoms with Gasteiger partial charge in [0.2, 0.25) is 5.95 Å². The minimum atomic E-state index is 0.533. The van der Waals surface area contributed by atoms with Crippen LogP contribution in [0.5, 0.6) is 0 Å². The molecule has 0 saturated heterocycles. The normalized spacial score (nSPS) is 18.1. The van der Waals surface area contributed by atoms with Crippen LogP contribution in [0.1, 0.15) is 44.2 Å². The van der Waals surface area contributed by atoms with Crippen LogP contribution in [-0.4, -0.2) is 16.0 Å². The number of rotatable bonds is 2. The van der Waals surface area contributed by atoms with Crippen LogP contribution in [-0.2, 0) is 0 Å². The largest absolute Gasteiger partial charge is 0.396 e. The molecule has 16 heavy (non-hydrogen) atoms. The first kappa shape index (κ1) is 11.2. The van der Waals surface area contributed by atoms with Crippen LogP contribution in [0, 0.1) is 6.92 Å². The molecular weight excluding hydrogens is 200 g/mol. The van der Waals surface area contributed by atoms with Gasteiger partial charge in [-0.25, -0.2) is 9.97 Å². The predicted octanol–water partition coefficient (Wildman–Crippen LogP) is 2.50. The number of nitrogens with zero attached hydrogens (tertiary/aromatic N) is 2. The highest BCUT2D eigenvalue weighted by molar-refractivity contribution is 5.43. The summed E-state index contributed by atoms with van der Waals surface area (Å²) in [6, 6.07) is 0.533. The Morgan fingerprint density at radius 1 is 1.25 bits per heavy atom. The third-order valence-electron chi connectivity index (χ3n) is 3.21. The smallest absolute Gasteiger partial charge is 0.223 e. The summed E-state index contributed by atoms with van der Waals surface area (Å²) in [6.45, 7) is 1.91. The lowest BCUT2D eigenvalue weighted by molar-refractivity contribution is 0.614. The first-order valence-electron chi connectivity index (χ1n) is 6.11. The number of nitrogens with two attached hydrogens (primary N) is 1. The maximum atomic E-state index is 5.69. The summed E-state index contributed by atoms with van der Waals surface area (Å²) in [7, 11) is 0. The maximum absolute atomic E-state index is 5.69. The topological polar surface area (TPSA) is 63.8 Å². The second-order valence-electron chi connectivity index (χ2n) is 4.57. The standard InChI is InChI=1S/C12H20N4/c1-9-11(13)8-14-12(15-9)16-10-6-4-2-3-5-7-10/h8,10H,2-7,13H2,1H3,(H,14,15,16). The molecule has 1 fully saturated rings. The fraction of sp³-hybridized carbons (Fsp3) is 0.667. The van der Waals surface area contributed by atoms with Crippen molar-refractivity contribution in [1.29, 1.82) is 0 Å². The SMILES string of the molecule is Cc1nc(NC2CCCCCC2)ncc1N. The van der Waals surface area contributed by atoms with E-state index in [0.717, 1.165) is 11.6 Å². The Hall–Kier alpha value is -1.32. The zero-order valence-corrected chi connectivity index (χ0v) is 9.87. The first-order valence-corrected chi connectivity index (χ1v) is 6.11. The number of aromatic nitrogens is 2. The van der Waals surface area contributed by atoms with E-state index < -0.39 is 0 Å². The Bertz CT molecular complexity index is 343. The van der Waals surface area contributed by atoms with Crippen molar-refractivity contribution in [2.45, 2.75) is 51.5 Å². The van der Waals surface area contributed by atoms with Gasteiger partial charge >= 0.3 is 0 Å². The van der Waals surface area contributed by atoms with Gasteiger partial charge in [-0.1, -0.05) is 25.7 Å². The molecule has 1 aliphatic rings. The fourth-order valence-corrected chi connectivity index (χ4v) is 2.15. The number of nitrogens with one attached hydrogen (secondary N) is 1. The molecule has 0 aliphatic heterocycles. The number of hydrogen-bond acceptors (Lipinski definition) is 4. The van der Waals surface area contributed by atoms with E-state index in [1.807, 2.05) is 6.92 Å². The summed E-state index contributed by atoms with van der Waals surface area (Å²) < 4.78 is 0. The van der Waals surface area contributed by atoms with E-state index in [1.165, 1.54) is 38.5 Å². The molecule has 0 spiro atoms. The molecule has 1 aromatic rings. The molecule has 0 radical (unpaired) electrons. The van der Waals surface area contributed by atoms with Gasteiger partial charge in [-0.2, -0.15) is 0 Å². The maximum Gasteiger partial charge on any atom is 0.223 e. The molecule has 0 atom stereocenters. The molecule has 4 nitrogen and oxygen atoms in total. The molecule has 1 aromatic heterocycles. The second-order valence-corrected chi connectivity index (χ2v) is 4.57. The Kier molecular flexibility index (Phi) is 3.59. The fourth-order valence-electron chi connectivity index (χ4n) is 2.15. The monoisotopic (exact) mass is 220 g/mol. The molecule has 0 bridgehead atoms. The summed E-state index contributed by atoms with van der Waals surface area (Å²) in [5.74, 6) is 0.721. The Balaban J connectivity index is 1.99. The molecule has 1 heterocycles. The van der Waals surface area contributed by atoms with Crippen LogP contribution >= 0.6 is 0 Å². The molecule has 1 aliphatic carbocycles. The van der Waals surface area contributed by atoms with Crippen LogP contribution in [0.3, 0.4) is 0 Å². The Morgan fingerprint density at radius 2 is 1.94 bits per heavy atom. The molecule has 1 saturated carbocycles. The van der Waals surface area contributed by atoms with Crippen LogP contribution in [0.4, 0.5) is 11.6 Å². The average Bonchev–Trinajstić information content (AvgIpc) is 2.52. The molecule has 2 rings (SSSR count). The van der Waals surface area contributed by atoms with Crippen molar-refractivity contribution in [2.75, 3.05) is 11.1 Å². The van der Waals surface area contributed by atoms with E-state index in [2.05, 4.69) is 15.3 Å². The Morgan fingerprint density at radius 3 is 2.56 bits per heavy atom. The number of hydrogen-bond donors (Lipinski definition) is 2. The molecule has 0 amide bonds. The van der Waals surface area contributed by atoms with Crippen molar-refractivity contribution in [3.8, 4) is 0 Å². The highest BCUT2D eigenvalue weighted by atomic mass is 15.1. The third kappa shape index (κ3) is 2.84. The van der Waals surface area contributed by atoms with Crippen molar-refractivity contribution in [3.63, 3.8) is 0 Å². The lowest BCUT2D eigenvalue weighted by atomic mass is 10.1. The molecule has 88 valence electrons. The van der Waals surface area contributed by atoms with Crippen LogP contribution in [0.2, 0.25) is 0 Å². The highest BCUT2D eigenvalue weighted by Crippen LogP contribution is 2.20. The van der Waals surface area contributed by atoms with Crippen LogP contribution in [0.25, 0.3) is 0 Å². The van der Waals surface area contributed by atoms with Crippen molar-refractivity contribution in [3.05, 3.63) is 11.9 Å². The van der Waals surface area contributed by atoms with Gasteiger partial charge in [-0.15, -0.1) is 0 Å². The van der Waals surface area contributed by atoms with Crippen LogP contribution in [0.15, 0.2) is 6.20 Å². The summed E-state index contributed by atoms with van der Waals surface area (Å²) in [5, 5.41) is 3.41. The van der Waals surface area contributed by atoms with Gasteiger partial charge in [0.05, 0.1) is 17.6 Å². The predicted molar refractivity (Wildman–Crippen MR) is 66.3 cm³/mol. The number of nitrogen functional groups attached to an aromatic ring is 1. The molecule has 3 N–H and O–H groups in total. The van der Waals surface area contributed by atoms with E-state index in [9.17, 15) is 0 Å². The van der Waals surface area contributed by atoms with Gasteiger partial charge in [0, 0.05) is 6.04 Å². The van der Waals surface area contributed by atoms with Crippen molar-refractivity contribution in [1.82, 2.24) is 9.97 Å². The molecular formula is C12H20N4. The van der Waals surface area contributed by atoms with Gasteiger partial charge in [0.15, 0.2) is 0 Å². The van der Waals surface area contributed by atoms with Crippen molar-refractivity contribution in [2.24, 2.45) is 0 Å². The van der Waals surface area contributed by atoms with Crippen LogP contribution < -0.4 is 11.1 Å². The van der Waals surface area contributed by atoms with E-state index >= 15 is 0 Å². The average molecular weight is 220 g/mol. The summed E-state index contributed by atoms with van der Waals surface area (Å²) in [6.07, 6.45) is 9.48. The summed E-state index contributed by atoms with van der Waals surface area (Å²) in [4.78, 5) is 8.57. The van der Waals surface area contributed by atoms with Gasteiger partial charge in [0.25, 0.3) is 0 Å². The minimum absolute atomic E-state index is 0.533. The lowest BCUT2D eigenvalue weighted by Crippen LogP contribution is -2.20. The van der Waals surface area contributed by atoms with Gasteiger partial charge in [0.1, 0.15) is 0 Å². The summed E-state index contributed by atoms with van der Waals surface area (Å²) in [5.41, 5.74) is 7.21. The minimum Gasteiger partial charge on any atom is -0.396 e. The van der Waals surface area contributed by atoms with Gasteiger partial charge in [-0.3, -0.25) is 0 Å². The van der Waals surface area contributed by atoms with E-state index in [-0.39, 0.29) is 0 Å². The molecule has 0 unspecified atom stereocenters. The quantitative estimate of drug-likeness (QED) is 0.752. The third-order valence-corrected chi connectivity index (χ3v) is 3.21. The van der Waals surface area contributed by atoms with Crippen molar-refractivity contribution < 1.29 is 0 Å². The zero-order valence-electron chi connectivity index (χ0n) is 9.87. The molecule has 0 aromatic carbocycles. The van der Waals surface area contributed by atoms with Gasteiger partial charge in [-0.05, 0) is 19.8 Å². The van der Waals surface area contributed by atoms with Gasteiger partial charge < -0.3 is 11.1 Å². The Labute approximate surface area is 96.7 Å². The van der Waals surface area contributed by atoms with E-state index in [4.69, 9.17) is 5.73 Å².